The predicted octanol–water partition coefficient (Wildman–Crippen LogP) is 12.5. The number of nitrogens with one attached hydrogen (secondary N) is 3. The normalized spacial score (nSPS) is 19.2. The number of pyridine rings is 6. The zero-order chi connectivity index (χ0) is 65.1. The Hall–Kier alpha value is -9.57. The molecular weight excluding hydrogens is 1180 g/mol. The number of hydrogen-bond acceptors (Lipinski definition) is 15. The maximum absolute atomic E-state index is 12.9. The number of H-pyrrole nitrogens is 3. The van der Waals surface area contributed by atoms with E-state index in [-0.39, 0.29) is 34.8 Å². The minimum Gasteiger partial charge on any atom is -0.481 e. The van der Waals surface area contributed by atoms with Gasteiger partial charge < -0.3 is 43.4 Å². The molecule has 3 aliphatic rings. The Morgan fingerprint density at radius 1 is 0.409 bits per heavy atom. The second kappa shape index (κ2) is 25.5. The van der Waals surface area contributed by atoms with Crippen LogP contribution in [-0.4, -0.2) is 120 Å². The van der Waals surface area contributed by atoms with Gasteiger partial charge in [0.05, 0.1) is 127 Å². The topological polar surface area (TPSA) is 246 Å². The number of nitrogens with zero attached hydrogens (tertiary/aromatic N) is 9. The van der Waals surface area contributed by atoms with Crippen molar-refractivity contribution in [1.29, 1.82) is 0 Å². The standard InChI is InChI=1S/3C24H26N4O3/c3*1-13-10-25-24(30-4)15(3)21(13)16-5-6-17-19(9-16)27-23(29)18-11-26-28(22(17)18)20-7-8-31-12-14(20)2/h3*5-6,9-11,14,20H,7-8,12H2,1-4H3,(H,27,29)/t14-,20+;2*14-,20-/m010/s1. The molecule has 15 rings (SSSR count). The van der Waals surface area contributed by atoms with E-state index in [1.165, 1.54) is 0 Å². The Kier molecular flexibility index (Phi) is 17.1. The third kappa shape index (κ3) is 11.2. The summed E-state index contributed by atoms with van der Waals surface area (Å²) in [7, 11) is 4.88. The number of methoxy groups -OCH3 is 3. The van der Waals surface area contributed by atoms with Crippen molar-refractivity contribution in [2.75, 3.05) is 61.0 Å². The summed E-state index contributed by atoms with van der Waals surface area (Å²) in [5.74, 6) is 2.82. The summed E-state index contributed by atoms with van der Waals surface area (Å²) < 4.78 is 39.2. The predicted molar refractivity (Wildman–Crippen MR) is 362 cm³/mol. The first-order valence-electron chi connectivity index (χ1n) is 31.8. The molecule has 3 N–H and O–H groups in total. The van der Waals surface area contributed by atoms with E-state index in [0.29, 0.717) is 91.2 Å². The summed E-state index contributed by atoms with van der Waals surface area (Å²) in [6.07, 6.45) is 13.2. The molecule has 0 amide bonds. The minimum atomic E-state index is -0.119. The maximum Gasteiger partial charge on any atom is 0.259 e. The zero-order valence-electron chi connectivity index (χ0n) is 54.7. The van der Waals surface area contributed by atoms with Crippen molar-refractivity contribution in [3.05, 3.63) is 156 Å². The van der Waals surface area contributed by atoms with Gasteiger partial charge in [-0.3, -0.25) is 28.4 Å². The Labute approximate surface area is 536 Å². The van der Waals surface area contributed by atoms with E-state index in [2.05, 4.69) is 102 Å². The van der Waals surface area contributed by atoms with Gasteiger partial charge in [0.2, 0.25) is 17.6 Å². The largest absolute Gasteiger partial charge is 0.481 e. The maximum atomic E-state index is 12.9. The van der Waals surface area contributed by atoms with E-state index in [1.54, 1.807) is 39.9 Å². The molecule has 3 aromatic carbocycles. The van der Waals surface area contributed by atoms with E-state index >= 15 is 0 Å². The second-order valence-electron chi connectivity index (χ2n) is 25.3. The van der Waals surface area contributed by atoms with Crippen LogP contribution in [0.15, 0.2) is 106 Å². The van der Waals surface area contributed by atoms with Crippen LogP contribution in [0.3, 0.4) is 0 Å². The average Bonchev–Trinajstić information content (AvgIpc) is 1.70. The van der Waals surface area contributed by atoms with Crippen LogP contribution in [0.1, 0.15) is 91.5 Å². The quantitative estimate of drug-likeness (QED) is 0.122. The van der Waals surface area contributed by atoms with Crippen molar-refractivity contribution in [1.82, 2.24) is 59.2 Å². The van der Waals surface area contributed by atoms with Gasteiger partial charge >= 0.3 is 0 Å². The van der Waals surface area contributed by atoms with Crippen LogP contribution in [0.5, 0.6) is 17.6 Å². The van der Waals surface area contributed by atoms with Crippen molar-refractivity contribution in [3.8, 4) is 51.0 Å². The van der Waals surface area contributed by atoms with Crippen LogP contribution in [0.2, 0.25) is 0 Å². The molecule has 12 aromatic rings. The number of aromatic amines is 3. The molecule has 0 aliphatic carbocycles. The molecule has 0 unspecified atom stereocenters. The molecule has 3 fully saturated rings. The first kappa shape index (κ1) is 62.2. The lowest BCUT2D eigenvalue weighted by atomic mass is 9.95. The van der Waals surface area contributed by atoms with Crippen LogP contribution in [0.4, 0.5) is 0 Å². The van der Waals surface area contributed by atoms with Crippen molar-refractivity contribution in [2.24, 2.45) is 17.8 Å². The molecule has 3 aliphatic heterocycles. The Bertz CT molecular complexity index is 4560. The number of aromatic nitrogens is 12. The first-order valence-corrected chi connectivity index (χ1v) is 31.8. The molecule has 0 bridgehead atoms. The smallest absolute Gasteiger partial charge is 0.259 e. The molecule has 9 aromatic heterocycles. The highest BCUT2D eigenvalue weighted by atomic mass is 16.5. The lowest BCUT2D eigenvalue weighted by molar-refractivity contribution is 0.0264. The lowest BCUT2D eigenvalue weighted by Crippen LogP contribution is -2.28. The Morgan fingerprint density at radius 3 is 0.946 bits per heavy atom. The summed E-state index contributed by atoms with van der Waals surface area (Å²) in [6.45, 7) is 22.9. The van der Waals surface area contributed by atoms with Gasteiger partial charge in [0.15, 0.2) is 0 Å². The van der Waals surface area contributed by atoms with Crippen LogP contribution in [-0.2, 0) is 14.2 Å². The van der Waals surface area contributed by atoms with Crippen LogP contribution >= 0.6 is 0 Å². The van der Waals surface area contributed by atoms with Gasteiger partial charge in [0.25, 0.3) is 16.7 Å². The highest BCUT2D eigenvalue weighted by Crippen LogP contribution is 2.40. The van der Waals surface area contributed by atoms with Gasteiger partial charge in [-0.2, -0.15) is 15.3 Å². The Balaban J connectivity index is 0.000000127. The van der Waals surface area contributed by atoms with Crippen molar-refractivity contribution < 1.29 is 28.4 Å². The molecule has 3 saturated heterocycles. The van der Waals surface area contributed by atoms with Crippen LogP contribution in [0.25, 0.3) is 98.8 Å². The van der Waals surface area contributed by atoms with E-state index in [1.807, 2.05) is 92.4 Å². The number of hydrogen-bond donors (Lipinski definition) is 3. The third-order valence-corrected chi connectivity index (χ3v) is 19.3. The van der Waals surface area contributed by atoms with E-state index < -0.39 is 0 Å². The van der Waals surface area contributed by atoms with Gasteiger partial charge in [-0.25, -0.2) is 15.0 Å². The summed E-state index contributed by atoms with van der Waals surface area (Å²) in [6, 6.07) is 19.3. The molecule has 6 atom stereocenters. The number of rotatable bonds is 9. The van der Waals surface area contributed by atoms with Crippen molar-refractivity contribution in [3.63, 3.8) is 0 Å². The summed E-state index contributed by atoms with van der Waals surface area (Å²) in [4.78, 5) is 60.9. The molecule has 480 valence electrons. The first-order chi connectivity index (χ1) is 45.0. The monoisotopic (exact) mass is 1250 g/mol. The lowest BCUT2D eigenvalue weighted by Gasteiger charge is -2.29. The van der Waals surface area contributed by atoms with Crippen molar-refractivity contribution >= 4 is 65.4 Å². The van der Waals surface area contributed by atoms with Crippen LogP contribution < -0.4 is 30.9 Å². The SMILES string of the molecule is COc1ncc(C)c(-c2ccc3c(c2)[nH]c(=O)c2cnn([C@@H]4CCOC[C@@H]4C)c23)c1C.COc1ncc(C)c(-c2ccc3c(c2)[nH]c(=O)c2cnn([C@@H]4CCOC[C@H]4C)c23)c1C.COc1ncc(C)c(-c2ccc3c(c2)[nH]c(=O)c2cnn([C@H]4CCOC[C@@H]4C)c23)c1C. The molecule has 21 heteroatoms. The molecule has 0 spiro atoms. The molecule has 0 saturated carbocycles. The number of benzene rings is 3. The fraction of sp³-hybridized carbons (Fsp3) is 0.375. The van der Waals surface area contributed by atoms with Gasteiger partial charge in [-0.15, -0.1) is 0 Å². The summed E-state index contributed by atoms with van der Waals surface area (Å²) >= 11 is 0. The van der Waals surface area contributed by atoms with E-state index in [0.717, 1.165) is 135 Å². The number of aryl methyl sites for hydroxylation is 3. The van der Waals surface area contributed by atoms with Gasteiger partial charge in [0, 0.05) is 89.0 Å². The highest BCUT2D eigenvalue weighted by molar-refractivity contribution is 6.06. The van der Waals surface area contributed by atoms with Gasteiger partial charge in [-0.05, 0) is 129 Å². The molecule has 21 nitrogen and oxygen atoms in total. The summed E-state index contributed by atoms with van der Waals surface area (Å²) in [5.41, 5.74) is 17.1. The number of fused-ring (bicyclic) bond motifs is 9. The van der Waals surface area contributed by atoms with E-state index in [9.17, 15) is 14.4 Å². The molecule has 0 radical (unpaired) electrons. The van der Waals surface area contributed by atoms with Crippen molar-refractivity contribution in [2.45, 2.75) is 99.7 Å². The molecular formula is C72H78N12O9. The zero-order valence-corrected chi connectivity index (χ0v) is 54.7. The summed E-state index contributed by atoms with van der Waals surface area (Å²) in [5, 5.41) is 18.7. The molecule has 12 heterocycles. The number of ether oxygens (including phenoxy) is 6. The minimum absolute atomic E-state index is 0.119. The van der Waals surface area contributed by atoms with Gasteiger partial charge in [0.1, 0.15) is 0 Å². The average molecular weight is 1260 g/mol. The van der Waals surface area contributed by atoms with Gasteiger partial charge in [-0.1, -0.05) is 57.2 Å². The van der Waals surface area contributed by atoms with Crippen LogP contribution in [0, 0.1) is 59.3 Å². The third-order valence-electron chi connectivity index (χ3n) is 19.3. The fourth-order valence-electron chi connectivity index (χ4n) is 14.5. The van der Waals surface area contributed by atoms with E-state index in [4.69, 9.17) is 28.4 Å². The Morgan fingerprint density at radius 2 is 0.688 bits per heavy atom. The second-order valence-corrected chi connectivity index (χ2v) is 25.3. The fourth-order valence-corrected chi connectivity index (χ4v) is 14.5. The molecule has 93 heavy (non-hydrogen) atoms. The highest BCUT2D eigenvalue weighted by Gasteiger charge is 2.31.